The van der Waals surface area contributed by atoms with Gasteiger partial charge in [-0.2, -0.15) is 0 Å². The number of carbonyl (C=O) groups is 1. The lowest BCUT2D eigenvalue weighted by atomic mass is 10.0. The van der Waals surface area contributed by atoms with Gasteiger partial charge in [-0.05, 0) is 20.3 Å². The van der Waals surface area contributed by atoms with Crippen LogP contribution in [0.2, 0.25) is 0 Å². The van der Waals surface area contributed by atoms with Crippen LogP contribution in [0.15, 0.2) is 0 Å². The van der Waals surface area contributed by atoms with Crippen molar-refractivity contribution in [1.82, 2.24) is 4.90 Å². The van der Waals surface area contributed by atoms with E-state index in [0.717, 1.165) is 0 Å². The van der Waals surface area contributed by atoms with Crippen LogP contribution < -0.4 is 0 Å². The minimum absolute atomic E-state index is 0.358. The highest BCUT2D eigenvalue weighted by Gasteiger charge is 2.38. The van der Waals surface area contributed by atoms with E-state index in [2.05, 4.69) is 0 Å². The van der Waals surface area contributed by atoms with Crippen molar-refractivity contribution in [1.29, 1.82) is 0 Å². The SMILES string of the molecule is CC(C)(C(=O)O)N1CCC(O)C1. The summed E-state index contributed by atoms with van der Waals surface area (Å²) in [6.07, 6.45) is 0.320. The number of aliphatic carboxylic acids is 1. The van der Waals surface area contributed by atoms with Gasteiger partial charge < -0.3 is 10.2 Å². The van der Waals surface area contributed by atoms with E-state index < -0.39 is 11.5 Å². The highest BCUT2D eigenvalue weighted by atomic mass is 16.4. The van der Waals surface area contributed by atoms with Crippen molar-refractivity contribution in [3.05, 3.63) is 0 Å². The molecule has 4 heteroatoms. The Morgan fingerprint density at radius 1 is 1.58 bits per heavy atom. The molecule has 1 fully saturated rings. The molecule has 0 aliphatic carbocycles. The molecule has 70 valence electrons. The van der Waals surface area contributed by atoms with Gasteiger partial charge in [-0.3, -0.25) is 9.69 Å². The largest absolute Gasteiger partial charge is 0.480 e. The summed E-state index contributed by atoms with van der Waals surface area (Å²) in [5, 5.41) is 18.1. The second kappa shape index (κ2) is 3.03. The van der Waals surface area contributed by atoms with Gasteiger partial charge in [0.15, 0.2) is 0 Å². The summed E-state index contributed by atoms with van der Waals surface area (Å²) < 4.78 is 0. The number of nitrogens with zero attached hydrogens (tertiary/aromatic N) is 1. The first-order chi connectivity index (χ1) is 5.44. The third-order valence-electron chi connectivity index (χ3n) is 2.48. The van der Waals surface area contributed by atoms with E-state index in [0.29, 0.717) is 19.5 Å². The number of carboxylic acid groups (broad SMARTS) is 1. The Morgan fingerprint density at radius 3 is 2.50 bits per heavy atom. The molecule has 0 saturated carbocycles. The highest BCUT2D eigenvalue weighted by Crippen LogP contribution is 2.21. The van der Waals surface area contributed by atoms with Gasteiger partial charge in [0.05, 0.1) is 6.10 Å². The molecule has 1 unspecified atom stereocenters. The van der Waals surface area contributed by atoms with Gasteiger partial charge in [-0.15, -0.1) is 0 Å². The normalized spacial score (nSPS) is 26.1. The Hall–Kier alpha value is -0.610. The fourth-order valence-corrected chi connectivity index (χ4v) is 1.38. The van der Waals surface area contributed by atoms with Crippen LogP contribution >= 0.6 is 0 Å². The molecule has 4 nitrogen and oxygen atoms in total. The first-order valence-electron chi connectivity index (χ1n) is 4.11. The quantitative estimate of drug-likeness (QED) is 0.613. The van der Waals surface area contributed by atoms with Crippen LogP contribution in [-0.2, 0) is 4.79 Å². The average Bonchev–Trinajstić information content (AvgIpc) is 2.35. The molecular formula is C8H15NO3. The summed E-state index contributed by atoms with van der Waals surface area (Å²) in [6.45, 7) is 4.46. The molecule has 1 aliphatic rings. The molecule has 1 atom stereocenters. The van der Waals surface area contributed by atoms with Crippen LogP contribution in [0, 0.1) is 0 Å². The van der Waals surface area contributed by atoms with Crippen molar-refractivity contribution >= 4 is 5.97 Å². The number of carboxylic acids is 1. The van der Waals surface area contributed by atoms with E-state index in [9.17, 15) is 9.90 Å². The maximum atomic E-state index is 10.8. The lowest BCUT2D eigenvalue weighted by Gasteiger charge is -2.30. The molecule has 2 N–H and O–H groups in total. The number of β-amino-alcohol motifs (C(OH)–C–C–N with tert-alkyl or cyclic N) is 1. The Bertz CT molecular complexity index is 191. The predicted octanol–water partition coefficient (Wildman–Crippen LogP) is -0.0838. The van der Waals surface area contributed by atoms with Crippen molar-refractivity contribution in [3.63, 3.8) is 0 Å². The first kappa shape index (κ1) is 9.48. The standard InChI is InChI=1S/C8H15NO3/c1-8(2,7(11)12)9-4-3-6(10)5-9/h6,10H,3-5H2,1-2H3,(H,11,12). The summed E-state index contributed by atoms with van der Waals surface area (Å²) in [5.74, 6) is -0.836. The fraction of sp³-hybridized carbons (Fsp3) is 0.875. The van der Waals surface area contributed by atoms with E-state index >= 15 is 0 Å². The van der Waals surface area contributed by atoms with Crippen molar-refractivity contribution in [2.45, 2.75) is 31.9 Å². The van der Waals surface area contributed by atoms with E-state index in [-0.39, 0.29) is 6.10 Å². The molecule has 0 amide bonds. The molecule has 0 aromatic carbocycles. The Balaban J connectivity index is 2.63. The molecular weight excluding hydrogens is 158 g/mol. The van der Waals surface area contributed by atoms with E-state index in [1.165, 1.54) is 0 Å². The third-order valence-corrected chi connectivity index (χ3v) is 2.48. The Morgan fingerprint density at radius 2 is 2.17 bits per heavy atom. The highest BCUT2D eigenvalue weighted by molar-refractivity contribution is 5.77. The van der Waals surface area contributed by atoms with Gasteiger partial charge in [0.25, 0.3) is 0 Å². The molecule has 1 saturated heterocycles. The Labute approximate surface area is 71.8 Å². The topological polar surface area (TPSA) is 60.8 Å². The number of aliphatic hydroxyl groups is 1. The van der Waals surface area contributed by atoms with E-state index in [1.807, 2.05) is 0 Å². The number of hydrogen-bond acceptors (Lipinski definition) is 3. The van der Waals surface area contributed by atoms with E-state index in [4.69, 9.17) is 5.11 Å². The van der Waals surface area contributed by atoms with Crippen LogP contribution in [0.5, 0.6) is 0 Å². The summed E-state index contributed by atoms with van der Waals surface area (Å²) >= 11 is 0. The summed E-state index contributed by atoms with van der Waals surface area (Å²) in [5.41, 5.74) is -0.850. The minimum atomic E-state index is -0.850. The lowest BCUT2D eigenvalue weighted by Crippen LogP contribution is -2.49. The fourth-order valence-electron chi connectivity index (χ4n) is 1.38. The molecule has 0 spiro atoms. The van der Waals surface area contributed by atoms with Gasteiger partial charge in [-0.1, -0.05) is 0 Å². The molecule has 12 heavy (non-hydrogen) atoms. The summed E-state index contributed by atoms with van der Waals surface area (Å²) in [7, 11) is 0. The third kappa shape index (κ3) is 1.59. The number of likely N-dealkylation sites (tertiary alicyclic amines) is 1. The molecule has 0 aromatic rings. The zero-order valence-electron chi connectivity index (χ0n) is 7.45. The molecule has 1 aliphatic heterocycles. The van der Waals surface area contributed by atoms with Gasteiger partial charge >= 0.3 is 5.97 Å². The number of hydrogen-bond donors (Lipinski definition) is 2. The Kier molecular flexibility index (Phi) is 2.39. The van der Waals surface area contributed by atoms with Crippen LogP contribution in [0.4, 0.5) is 0 Å². The number of aliphatic hydroxyl groups excluding tert-OH is 1. The first-order valence-corrected chi connectivity index (χ1v) is 4.11. The molecule has 1 rings (SSSR count). The van der Waals surface area contributed by atoms with Crippen molar-refractivity contribution in [2.24, 2.45) is 0 Å². The summed E-state index contributed by atoms with van der Waals surface area (Å²) in [4.78, 5) is 12.6. The van der Waals surface area contributed by atoms with Crippen LogP contribution in [-0.4, -0.2) is 45.8 Å². The summed E-state index contributed by atoms with van der Waals surface area (Å²) in [6, 6.07) is 0. The molecule has 1 heterocycles. The second-order valence-electron chi connectivity index (χ2n) is 3.75. The van der Waals surface area contributed by atoms with Crippen molar-refractivity contribution in [3.8, 4) is 0 Å². The maximum Gasteiger partial charge on any atom is 0.323 e. The lowest BCUT2D eigenvalue weighted by molar-refractivity contribution is -0.148. The van der Waals surface area contributed by atoms with Crippen LogP contribution in [0.1, 0.15) is 20.3 Å². The minimum Gasteiger partial charge on any atom is -0.480 e. The van der Waals surface area contributed by atoms with Gasteiger partial charge in [0, 0.05) is 13.1 Å². The van der Waals surface area contributed by atoms with Crippen molar-refractivity contribution < 1.29 is 15.0 Å². The van der Waals surface area contributed by atoms with Crippen LogP contribution in [0.3, 0.4) is 0 Å². The average molecular weight is 173 g/mol. The zero-order valence-corrected chi connectivity index (χ0v) is 7.45. The molecule has 0 bridgehead atoms. The molecule has 0 aromatic heterocycles. The monoisotopic (exact) mass is 173 g/mol. The smallest absolute Gasteiger partial charge is 0.323 e. The second-order valence-corrected chi connectivity index (χ2v) is 3.75. The van der Waals surface area contributed by atoms with Crippen molar-refractivity contribution in [2.75, 3.05) is 13.1 Å². The van der Waals surface area contributed by atoms with Crippen LogP contribution in [0.25, 0.3) is 0 Å². The maximum absolute atomic E-state index is 10.8. The van der Waals surface area contributed by atoms with E-state index in [1.54, 1.807) is 18.7 Å². The zero-order chi connectivity index (χ0) is 9.35. The van der Waals surface area contributed by atoms with Gasteiger partial charge in [0.1, 0.15) is 5.54 Å². The van der Waals surface area contributed by atoms with Gasteiger partial charge in [-0.25, -0.2) is 0 Å². The predicted molar refractivity (Wildman–Crippen MR) is 43.9 cm³/mol. The molecule has 0 radical (unpaired) electrons. The number of rotatable bonds is 2. The van der Waals surface area contributed by atoms with Gasteiger partial charge in [0.2, 0.25) is 0 Å².